The third kappa shape index (κ3) is 5.58. The molecule has 2 heterocycles. The Hall–Kier alpha value is -3.32. The van der Waals surface area contributed by atoms with Crippen LogP contribution in [0.15, 0.2) is 41.6 Å². The number of nitrogens with zero attached hydrogens (tertiary/aromatic N) is 4. The molecule has 1 aliphatic rings. The highest BCUT2D eigenvalue weighted by Gasteiger charge is 2.62. The van der Waals surface area contributed by atoms with Gasteiger partial charge in [0.2, 0.25) is 5.95 Å². The summed E-state index contributed by atoms with van der Waals surface area (Å²) < 4.78 is 81.2. The lowest BCUT2D eigenvalue weighted by Gasteiger charge is -2.29. The van der Waals surface area contributed by atoms with Crippen LogP contribution in [0.2, 0.25) is 10.0 Å². The molecule has 0 radical (unpaired) electrons. The van der Waals surface area contributed by atoms with Crippen LogP contribution in [0.25, 0.3) is 0 Å². The predicted molar refractivity (Wildman–Crippen MR) is 126 cm³/mol. The van der Waals surface area contributed by atoms with Crippen molar-refractivity contribution >= 4 is 40.8 Å². The number of amides is 1. The van der Waals surface area contributed by atoms with Crippen LogP contribution in [-0.4, -0.2) is 38.7 Å². The Bertz CT molecular complexity index is 1420. The first-order valence-electron chi connectivity index (χ1n) is 10.8. The van der Waals surface area contributed by atoms with Crippen LogP contribution in [0.4, 0.5) is 32.3 Å². The average Bonchev–Trinajstić information content (AvgIpc) is 3.36. The van der Waals surface area contributed by atoms with Gasteiger partial charge in [-0.3, -0.25) is 10.1 Å². The van der Waals surface area contributed by atoms with E-state index in [-0.39, 0.29) is 44.2 Å². The minimum atomic E-state index is -4.87. The topological polar surface area (TPSA) is 81.4 Å². The summed E-state index contributed by atoms with van der Waals surface area (Å²) in [4.78, 5) is 21.5. The Labute approximate surface area is 221 Å². The van der Waals surface area contributed by atoms with Crippen molar-refractivity contribution in [1.29, 1.82) is 0 Å². The predicted octanol–water partition coefficient (Wildman–Crippen LogP) is 6.60. The fraction of sp³-hybridized carbons (Fsp3) is 0.304. The second kappa shape index (κ2) is 9.77. The first-order chi connectivity index (χ1) is 17.6. The minimum absolute atomic E-state index is 0.00712. The van der Waals surface area contributed by atoms with Gasteiger partial charge in [-0.25, -0.2) is 4.68 Å². The Morgan fingerprint density at radius 1 is 1.08 bits per heavy atom. The van der Waals surface area contributed by atoms with Gasteiger partial charge in [0.05, 0.1) is 5.71 Å². The van der Waals surface area contributed by atoms with Gasteiger partial charge in [-0.2, -0.15) is 31.3 Å². The lowest BCUT2D eigenvalue weighted by atomic mass is 9.86. The molecule has 38 heavy (non-hydrogen) atoms. The number of halogens is 8. The Balaban J connectivity index is 1.55. The van der Waals surface area contributed by atoms with Gasteiger partial charge in [0, 0.05) is 27.6 Å². The monoisotopic (exact) mass is 579 g/mol. The normalized spacial score (nSPS) is 17.8. The van der Waals surface area contributed by atoms with Crippen molar-refractivity contribution in [2.75, 3.05) is 5.32 Å². The highest BCUT2D eigenvalue weighted by molar-refractivity contribution is 6.34. The van der Waals surface area contributed by atoms with Crippen molar-refractivity contribution in [3.05, 3.63) is 74.5 Å². The van der Waals surface area contributed by atoms with Crippen molar-refractivity contribution in [1.82, 2.24) is 14.8 Å². The number of oxime groups is 1. The standard InChI is InChI=1S/C23H17Cl2F6N5O2/c1-11-5-13(3-4-17(11)19(37)33-20-32-12(2)36(34-20)10-22(26,27)28)18-9-21(38-35-18,23(29,30)31)14-6-15(24)8-16(25)7-14/h3-8H,9-10H2,1-2H3,(H,33,34,37). The number of carbonyl (C=O) groups is 1. The van der Waals surface area contributed by atoms with Crippen molar-refractivity contribution in [2.24, 2.45) is 5.16 Å². The summed E-state index contributed by atoms with van der Waals surface area (Å²) in [5.74, 6) is -1.11. The van der Waals surface area contributed by atoms with E-state index in [1.807, 2.05) is 0 Å². The van der Waals surface area contributed by atoms with E-state index in [0.29, 0.717) is 10.2 Å². The van der Waals surface area contributed by atoms with Gasteiger partial charge >= 0.3 is 12.4 Å². The number of rotatable bonds is 5. The maximum atomic E-state index is 14.2. The summed E-state index contributed by atoms with van der Waals surface area (Å²) in [6.07, 6.45) is -10.1. The van der Waals surface area contributed by atoms with Crippen molar-refractivity contribution in [3.8, 4) is 0 Å². The van der Waals surface area contributed by atoms with Gasteiger partial charge in [0.25, 0.3) is 11.5 Å². The molecule has 15 heteroatoms. The van der Waals surface area contributed by atoms with Gasteiger partial charge in [-0.1, -0.05) is 34.4 Å². The second-order valence-corrected chi connectivity index (χ2v) is 9.40. The SMILES string of the molecule is Cc1cc(C2=NOC(c3cc(Cl)cc(Cl)c3)(C(F)(F)F)C2)ccc1C(=O)Nc1nc(C)n(CC(F)(F)F)n1. The van der Waals surface area contributed by atoms with Crippen LogP contribution in [-0.2, 0) is 17.0 Å². The fourth-order valence-corrected chi connectivity index (χ4v) is 4.43. The van der Waals surface area contributed by atoms with Crippen molar-refractivity contribution in [3.63, 3.8) is 0 Å². The molecule has 2 aromatic carbocycles. The first kappa shape index (κ1) is 27.7. The molecule has 1 unspecified atom stereocenters. The Kier molecular flexibility index (Phi) is 7.12. The summed E-state index contributed by atoms with van der Waals surface area (Å²) in [7, 11) is 0. The summed E-state index contributed by atoms with van der Waals surface area (Å²) in [6, 6.07) is 7.65. The maximum absolute atomic E-state index is 14.2. The maximum Gasteiger partial charge on any atom is 0.435 e. The minimum Gasteiger partial charge on any atom is -0.374 e. The van der Waals surface area contributed by atoms with E-state index in [9.17, 15) is 31.1 Å². The third-order valence-electron chi connectivity index (χ3n) is 5.73. The molecular formula is C23H17Cl2F6N5O2. The van der Waals surface area contributed by atoms with E-state index < -0.39 is 36.8 Å². The number of alkyl halides is 6. The molecule has 0 spiro atoms. The van der Waals surface area contributed by atoms with Crippen LogP contribution >= 0.6 is 23.2 Å². The van der Waals surface area contributed by atoms with Crippen LogP contribution in [0, 0.1) is 13.8 Å². The lowest BCUT2D eigenvalue weighted by Crippen LogP contribution is -2.42. The van der Waals surface area contributed by atoms with E-state index in [0.717, 1.165) is 12.1 Å². The number of aryl methyl sites for hydroxylation is 2. The van der Waals surface area contributed by atoms with E-state index in [4.69, 9.17) is 28.0 Å². The Morgan fingerprint density at radius 2 is 1.74 bits per heavy atom. The quantitative estimate of drug-likeness (QED) is 0.345. The Morgan fingerprint density at radius 3 is 2.32 bits per heavy atom. The highest BCUT2D eigenvalue weighted by Crippen LogP contribution is 2.49. The first-order valence-corrected chi connectivity index (χ1v) is 11.5. The van der Waals surface area contributed by atoms with Gasteiger partial charge in [-0.05, 0) is 55.3 Å². The molecule has 7 nitrogen and oxygen atoms in total. The number of hydrogen-bond donors (Lipinski definition) is 1. The van der Waals surface area contributed by atoms with Crippen LogP contribution in [0.3, 0.4) is 0 Å². The third-order valence-corrected chi connectivity index (χ3v) is 6.17. The molecule has 0 saturated heterocycles. The zero-order valence-corrected chi connectivity index (χ0v) is 21.0. The number of hydrogen-bond acceptors (Lipinski definition) is 5. The highest BCUT2D eigenvalue weighted by atomic mass is 35.5. The van der Waals surface area contributed by atoms with Crippen molar-refractivity contribution < 1.29 is 36.0 Å². The number of anilines is 1. The van der Waals surface area contributed by atoms with Gasteiger partial charge in [0.15, 0.2) is 0 Å². The second-order valence-electron chi connectivity index (χ2n) is 8.53. The average molecular weight is 580 g/mol. The summed E-state index contributed by atoms with van der Waals surface area (Å²) in [5, 5.41) is 9.63. The number of benzene rings is 2. The van der Waals surface area contributed by atoms with Gasteiger partial charge in [0.1, 0.15) is 12.4 Å². The molecule has 3 aromatic rings. The summed E-state index contributed by atoms with van der Waals surface area (Å²) in [5.41, 5.74) is -2.45. The molecule has 0 aliphatic carbocycles. The number of aromatic nitrogens is 3. The smallest absolute Gasteiger partial charge is 0.374 e. The zero-order chi connectivity index (χ0) is 28.0. The van der Waals surface area contributed by atoms with Crippen molar-refractivity contribution in [2.45, 2.75) is 44.8 Å². The number of carbonyl (C=O) groups excluding carboxylic acids is 1. The van der Waals surface area contributed by atoms with Gasteiger partial charge < -0.3 is 4.84 Å². The van der Waals surface area contributed by atoms with E-state index in [2.05, 4.69) is 20.6 Å². The largest absolute Gasteiger partial charge is 0.435 e. The molecule has 1 amide bonds. The zero-order valence-electron chi connectivity index (χ0n) is 19.5. The molecule has 0 fully saturated rings. The fourth-order valence-electron chi connectivity index (χ4n) is 3.90. The van der Waals surface area contributed by atoms with Crippen LogP contribution < -0.4 is 5.32 Å². The molecule has 1 aliphatic heterocycles. The summed E-state index contributed by atoms with van der Waals surface area (Å²) >= 11 is 11.8. The van der Waals surface area contributed by atoms with E-state index in [1.165, 1.54) is 38.1 Å². The van der Waals surface area contributed by atoms with Gasteiger partial charge in [-0.15, -0.1) is 5.10 Å². The number of nitrogens with one attached hydrogen (secondary N) is 1. The molecule has 0 saturated carbocycles. The molecule has 1 aromatic heterocycles. The van der Waals surface area contributed by atoms with Crippen LogP contribution in [0.1, 0.15) is 39.3 Å². The summed E-state index contributed by atoms with van der Waals surface area (Å²) in [6.45, 7) is 1.46. The molecular weight excluding hydrogens is 563 g/mol. The lowest BCUT2D eigenvalue weighted by molar-refractivity contribution is -0.275. The van der Waals surface area contributed by atoms with E-state index in [1.54, 1.807) is 0 Å². The molecule has 202 valence electrons. The van der Waals surface area contributed by atoms with E-state index >= 15 is 0 Å². The van der Waals surface area contributed by atoms with Crippen LogP contribution in [0.5, 0.6) is 0 Å². The molecule has 0 bridgehead atoms. The molecule has 1 atom stereocenters. The molecule has 4 rings (SSSR count). The molecule has 1 N–H and O–H groups in total.